The molecule has 0 radical (unpaired) electrons. The predicted octanol–water partition coefficient (Wildman–Crippen LogP) is 1.61. The second-order valence-corrected chi connectivity index (χ2v) is 3.50. The lowest BCUT2D eigenvalue weighted by Crippen LogP contribution is -2.02. The van der Waals surface area contributed by atoms with Crippen molar-refractivity contribution in [2.45, 2.75) is 34.1 Å². The third-order valence-electron chi connectivity index (χ3n) is 2.62. The molecule has 0 aliphatic rings. The number of hydrogen-bond acceptors (Lipinski definition) is 3. The van der Waals surface area contributed by atoms with E-state index in [4.69, 9.17) is 0 Å². The first kappa shape index (κ1) is 9.12. The fraction of sp³-hybridized carbons (Fsp3) is 0.500. The number of aromatic nitrogens is 4. The van der Waals surface area contributed by atoms with Crippen LogP contribution in [0.25, 0.3) is 5.78 Å². The summed E-state index contributed by atoms with van der Waals surface area (Å²) in [6.45, 7) is 8.15. The van der Waals surface area contributed by atoms with Crippen LogP contribution in [0.15, 0.2) is 0 Å². The zero-order chi connectivity index (χ0) is 10.3. The van der Waals surface area contributed by atoms with Gasteiger partial charge in [-0.25, -0.2) is 9.50 Å². The summed E-state index contributed by atoms with van der Waals surface area (Å²) in [5.41, 5.74) is 3.34. The minimum absolute atomic E-state index is 0.711. The molecule has 0 unspecified atom stereocenters. The zero-order valence-corrected chi connectivity index (χ0v) is 9.00. The monoisotopic (exact) mass is 190 g/mol. The fourth-order valence-electron chi connectivity index (χ4n) is 1.45. The van der Waals surface area contributed by atoms with Gasteiger partial charge < -0.3 is 0 Å². The van der Waals surface area contributed by atoms with Gasteiger partial charge in [-0.15, -0.1) is 5.10 Å². The molecular formula is C10H14N4. The number of aryl methyl sites for hydroxylation is 3. The van der Waals surface area contributed by atoms with Gasteiger partial charge in [0.15, 0.2) is 5.82 Å². The van der Waals surface area contributed by atoms with E-state index < -0.39 is 0 Å². The van der Waals surface area contributed by atoms with Crippen LogP contribution in [0.2, 0.25) is 0 Å². The van der Waals surface area contributed by atoms with E-state index in [2.05, 4.69) is 22.0 Å². The summed E-state index contributed by atoms with van der Waals surface area (Å²) >= 11 is 0. The predicted molar refractivity (Wildman–Crippen MR) is 54.4 cm³/mol. The van der Waals surface area contributed by atoms with Crippen molar-refractivity contribution >= 4 is 5.78 Å². The topological polar surface area (TPSA) is 43.1 Å². The van der Waals surface area contributed by atoms with Gasteiger partial charge in [0.25, 0.3) is 5.78 Å². The molecule has 0 aromatic carbocycles. The standard InChI is InChI=1S/C10H14N4/c1-5-9-12-10-11-7(3)6(2)8(4)14(10)13-9/h5H2,1-4H3. The first-order valence-corrected chi connectivity index (χ1v) is 4.83. The van der Waals surface area contributed by atoms with Gasteiger partial charge in [0, 0.05) is 17.8 Å². The summed E-state index contributed by atoms with van der Waals surface area (Å²) < 4.78 is 1.82. The van der Waals surface area contributed by atoms with Crippen molar-refractivity contribution in [3.63, 3.8) is 0 Å². The van der Waals surface area contributed by atoms with Gasteiger partial charge in [-0.3, -0.25) is 0 Å². The average Bonchev–Trinajstić information content (AvgIpc) is 2.57. The second-order valence-electron chi connectivity index (χ2n) is 3.50. The van der Waals surface area contributed by atoms with Crippen molar-refractivity contribution in [2.75, 3.05) is 0 Å². The summed E-state index contributed by atoms with van der Waals surface area (Å²) in [6, 6.07) is 0. The van der Waals surface area contributed by atoms with Crippen LogP contribution < -0.4 is 0 Å². The molecule has 0 amide bonds. The molecule has 0 bridgehead atoms. The van der Waals surface area contributed by atoms with E-state index in [9.17, 15) is 0 Å². The maximum absolute atomic E-state index is 4.39. The summed E-state index contributed by atoms with van der Waals surface area (Å²) in [6.07, 6.45) is 0.848. The Labute approximate surface area is 83.0 Å². The Kier molecular flexibility index (Phi) is 1.98. The molecule has 2 rings (SSSR count). The van der Waals surface area contributed by atoms with Crippen LogP contribution in [-0.4, -0.2) is 19.6 Å². The maximum atomic E-state index is 4.39. The van der Waals surface area contributed by atoms with Crippen molar-refractivity contribution in [1.29, 1.82) is 0 Å². The third kappa shape index (κ3) is 1.18. The van der Waals surface area contributed by atoms with Crippen molar-refractivity contribution < 1.29 is 0 Å². The number of rotatable bonds is 1. The molecule has 2 aromatic rings. The van der Waals surface area contributed by atoms with Gasteiger partial charge in [0.05, 0.1) is 0 Å². The first-order chi connectivity index (χ1) is 6.63. The van der Waals surface area contributed by atoms with Gasteiger partial charge >= 0.3 is 0 Å². The molecule has 0 N–H and O–H groups in total. The van der Waals surface area contributed by atoms with Crippen LogP contribution in [0.3, 0.4) is 0 Å². The molecule has 0 saturated heterocycles. The van der Waals surface area contributed by atoms with Crippen molar-refractivity contribution in [3.8, 4) is 0 Å². The van der Waals surface area contributed by atoms with Crippen LogP contribution in [0.4, 0.5) is 0 Å². The lowest BCUT2D eigenvalue weighted by atomic mass is 10.2. The first-order valence-electron chi connectivity index (χ1n) is 4.83. The van der Waals surface area contributed by atoms with Crippen LogP contribution >= 0.6 is 0 Å². The number of hydrogen-bond donors (Lipinski definition) is 0. The van der Waals surface area contributed by atoms with Gasteiger partial charge in [-0.1, -0.05) is 6.92 Å². The average molecular weight is 190 g/mol. The van der Waals surface area contributed by atoms with Gasteiger partial charge in [0.2, 0.25) is 0 Å². The Hall–Kier alpha value is -1.45. The molecule has 0 saturated carbocycles. The van der Waals surface area contributed by atoms with Gasteiger partial charge in [-0.05, 0) is 26.3 Å². The molecule has 0 aliphatic heterocycles. The van der Waals surface area contributed by atoms with E-state index >= 15 is 0 Å². The summed E-state index contributed by atoms with van der Waals surface area (Å²) in [5.74, 6) is 1.56. The van der Waals surface area contributed by atoms with E-state index in [1.807, 2.05) is 25.3 Å². The number of nitrogens with zero attached hydrogens (tertiary/aromatic N) is 4. The van der Waals surface area contributed by atoms with E-state index in [0.717, 1.165) is 23.6 Å². The molecule has 0 aliphatic carbocycles. The van der Waals surface area contributed by atoms with E-state index in [1.54, 1.807) is 0 Å². The third-order valence-corrected chi connectivity index (χ3v) is 2.62. The SMILES string of the molecule is CCc1nc2nc(C)c(C)c(C)n2n1. The Balaban J connectivity index is 2.81. The highest BCUT2D eigenvalue weighted by molar-refractivity contribution is 5.35. The summed E-state index contributed by atoms with van der Waals surface area (Å²) in [7, 11) is 0. The molecule has 74 valence electrons. The van der Waals surface area contributed by atoms with Crippen molar-refractivity contribution in [3.05, 3.63) is 22.8 Å². The van der Waals surface area contributed by atoms with Crippen LogP contribution in [0.5, 0.6) is 0 Å². The minimum atomic E-state index is 0.711. The second kappa shape index (κ2) is 3.04. The lowest BCUT2D eigenvalue weighted by Gasteiger charge is -2.04. The lowest BCUT2D eigenvalue weighted by molar-refractivity contribution is 0.837. The van der Waals surface area contributed by atoms with Crippen LogP contribution in [0, 0.1) is 20.8 Å². The molecule has 2 aromatic heterocycles. The summed E-state index contributed by atoms with van der Waals surface area (Å²) in [5, 5.41) is 4.38. The normalized spacial score (nSPS) is 11.1. The Bertz CT molecular complexity index is 484. The molecule has 0 atom stereocenters. The molecular weight excluding hydrogens is 176 g/mol. The highest BCUT2D eigenvalue weighted by atomic mass is 15.3. The van der Waals surface area contributed by atoms with Crippen LogP contribution in [-0.2, 0) is 6.42 Å². The van der Waals surface area contributed by atoms with Crippen LogP contribution in [0.1, 0.15) is 29.7 Å². The largest absolute Gasteiger partial charge is 0.252 e. The molecule has 4 nitrogen and oxygen atoms in total. The Morgan fingerprint density at radius 1 is 1.14 bits per heavy atom. The summed E-state index contributed by atoms with van der Waals surface area (Å²) in [4.78, 5) is 8.73. The Morgan fingerprint density at radius 2 is 1.86 bits per heavy atom. The molecule has 14 heavy (non-hydrogen) atoms. The number of fused-ring (bicyclic) bond motifs is 1. The van der Waals surface area contributed by atoms with E-state index in [-0.39, 0.29) is 0 Å². The smallest absolute Gasteiger partial charge is 0.216 e. The Morgan fingerprint density at radius 3 is 2.50 bits per heavy atom. The molecule has 4 heteroatoms. The van der Waals surface area contributed by atoms with Gasteiger partial charge in [0.1, 0.15) is 0 Å². The van der Waals surface area contributed by atoms with E-state index in [1.165, 1.54) is 5.56 Å². The van der Waals surface area contributed by atoms with Gasteiger partial charge in [-0.2, -0.15) is 4.98 Å². The zero-order valence-electron chi connectivity index (χ0n) is 9.00. The maximum Gasteiger partial charge on any atom is 0.252 e. The highest BCUT2D eigenvalue weighted by Gasteiger charge is 2.09. The van der Waals surface area contributed by atoms with Crippen molar-refractivity contribution in [2.24, 2.45) is 0 Å². The van der Waals surface area contributed by atoms with E-state index in [0.29, 0.717) is 5.78 Å². The molecule has 0 fully saturated rings. The fourth-order valence-corrected chi connectivity index (χ4v) is 1.45. The molecule has 2 heterocycles. The highest BCUT2D eigenvalue weighted by Crippen LogP contribution is 2.11. The quantitative estimate of drug-likeness (QED) is 0.686. The van der Waals surface area contributed by atoms with Crippen molar-refractivity contribution in [1.82, 2.24) is 19.6 Å². The minimum Gasteiger partial charge on any atom is -0.216 e. The molecule has 0 spiro atoms.